The van der Waals surface area contributed by atoms with Gasteiger partial charge in [-0.1, -0.05) is 0 Å². The summed E-state index contributed by atoms with van der Waals surface area (Å²) < 4.78 is 10.6. The Morgan fingerprint density at radius 3 is 2.31 bits per heavy atom. The molecule has 0 bridgehead atoms. The van der Waals surface area contributed by atoms with E-state index in [1.807, 2.05) is 0 Å². The molecule has 138 valence electrons. The molecular formula is C18H22N4O4. The standard InChI is InChI=1S/C18H22N4O4/c1-25-16(24)6-12-2-4-15(5-3-12)26-18-21-9-14(10-22-18)17-19-7-13(11-23)8-20-17/h7-10,12,15,23H,2-6,11H2,1H3. The third-order valence-corrected chi connectivity index (χ3v) is 4.52. The molecule has 1 fully saturated rings. The van der Waals surface area contributed by atoms with Crippen molar-refractivity contribution in [2.24, 2.45) is 5.92 Å². The lowest BCUT2D eigenvalue weighted by molar-refractivity contribution is -0.142. The maximum absolute atomic E-state index is 11.3. The highest BCUT2D eigenvalue weighted by molar-refractivity contribution is 5.69. The molecule has 0 aliphatic heterocycles. The fourth-order valence-electron chi connectivity index (χ4n) is 3.00. The zero-order valence-corrected chi connectivity index (χ0v) is 14.7. The van der Waals surface area contributed by atoms with Gasteiger partial charge in [-0.05, 0) is 31.6 Å². The highest BCUT2D eigenvalue weighted by atomic mass is 16.5. The van der Waals surface area contributed by atoms with Gasteiger partial charge >= 0.3 is 12.0 Å². The number of methoxy groups -OCH3 is 1. The van der Waals surface area contributed by atoms with Gasteiger partial charge < -0.3 is 14.6 Å². The van der Waals surface area contributed by atoms with Gasteiger partial charge in [0, 0.05) is 36.8 Å². The Balaban J connectivity index is 1.52. The predicted molar refractivity (Wildman–Crippen MR) is 92.0 cm³/mol. The van der Waals surface area contributed by atoms with E-state index in [0.717, 1.165) is 25.7 Å². The maximum Gasteiger partial charge on any atom is 0.316 e. The Morgan fingerprint density at radius 1 is 1.08 bits per heavy atom. The molecule has 2 aromatic heterocycles. The first-order chi connectivity index (χ1) is 12.7. The summed E-state index contributed by atoms with van der Waals surface area (Å²) in [6.45, 7) is -0.0918. The Kier molecular flexibility index (Phi) is 6.06. The Bertz CT molecular complexity index is 713. The van der Waals surface area contributed by atoms with E-state index >= 15 is 0 Å². The minimum absolute atomic E-state index is 0.0647. The molecule has 0 atom stereocenters. The number of carbonyl (C=O) groups is 1. The summed E-state index contributed by atoms with van der Waals surface area (Å²) in [4.78, 5) is 28.2. The second kappa shape index (κ2) is 8.66. The molecule has 3 rings (SSSR count). The molecule has 2 heterocycles. The van der Waals surface area contributed by atoms with Crippen LogP contribution in [0, 0.1) is 5.92 Å². The lowest BCUT2D eigenvalue weighted by Gasteiger charge is -2.27. The van der Waals surface area contributed by atoms with Crippen LogP contribution in [0.3, 0.4) is 0 Å². The van der Waals surface area contributed by atoms with Crippen molar-refractivity contribution in [2.75, 3.05) is 7.11 Å². The number of aliphatic hydroxyl groups is 1. The van der Waals surface area contributed by atoms with Crippen LogP contribution < -0.4 is 4.74 Å². The van der Waals surface area contributed by atoms with Crippen LogP contribution in [0.25, 0.3) is 11.4 Å². The van der Waals surface area contributed by atoms with Crippen molar-refractivity contribution >= 4 is 5.97 Å². The molecule has 0 saturated heterocycles. The van der Waals surface area contributed by atoms with Crippen molar-refractivity contribution in [1.82, 2.24) is 19.9 Å². The second-order valence-electron chi connectivity index (χ2n) is 6.37. The quantitative estimate of drug-likeness (QED) is 0.781. The van der Waals surface area contributed by atoms with Crippen LogP contribution in [0.15, 0.2) is 24.8 Å². The molecule has 0 spiro atoms. The molecule has 1 N–H and O–H groups in total. The molecule has 2 aromatic rings. The summed E-state index contributed by atoms with van der Waals surface area (Å²) in [5.41, 5.74) is 1.33. The van der Waals surface area contributed by atoms with Gasteiger partial charge in [0.2, 0.25) is 0 Å². The first kappa shape index (κ1) is 18.2. The third kappa shape index (κ3) is 4.72. The van der Waals surface area contributed by atoms with E-state index in [1.165, 1.54) is 7.11 Å². The van der Waals surface area contributed by atoms with E-state index in [4.69, 9.17) is 14.6 Å². The zero-order valence-electron chi connectivity index (χ0n) is 14.7. The molecule has 1 aliphatic carbocycles. The normalized spacial score (nSPS) is 19.8. The Labute approximate surface area is 151 Å². The molecule has 0 amide bonds. The van der Waals surface area contributed by atoms with E-state index in [9.17, 15) is 4.79 Å². The first-order valence-electron chi connectivity index (χ1n) is 8.65. The molecular weight excluding hydrogens is 336 g/mol. The molecule has 8 nitrogen and oxygen atoms in total. The van der Waals surface area contributed by atoms with Crippen LogP contribution in [-0.4, -0.2) is 44.2 Å². The molecule has 0 unspecified atom stereocenters. The largest absolute Gasteiger partial charge is 0.469 e. The zero-order chi connectivity index (χ0) is 18.4. The maximum atomic E-state index is 11.3. The Morgan fingerprint density at radius 2 is 1.73 bits per heavy atom. The van der Waals surface area contributed by atoms with Crippen molar-refractivity contribution in [3.63, 3.8) is 0 Å². The molecule has 0 aromatic carbocycles. The summed E-state index contributed by atoms with van der Waals surface area (Å²) in [7, 11) is 1.42. The van der Waals surface area contributed by atoms with Crippen molar-refractivity contribution in [3.8, 4) is 17.4 Å². The van der Waals surface area contributed by atoms with Crippen molar-refractivity contribution < 1.29 is 19.4 Å². The molecule has 1 saturated carbocycles. The van der Waals surface area contributed by atoms with Crippen LogP contribution in [0.2, 0.25) is 0 Å². The topological polar surface area (TPSA) is 107 Å². The van der Waals surface area contributed by atoms with Crippen molar-refractivity contribution in [2.45, 2.75) is 44.8 Å². The number of aliphatic hydroxyl groups excluding tert-OH is 1. The van der Waals surface area contributed by atoms with Crippen LogP contribution in [-0.2, 0) is 16.1 Å². The van der Waals surface area contributed by atoms with E-state index in [1.54, 1.807) is 24.8 Å². The lowest BCUT2D eigenvalue weighted by Crippen LogP contribution is -2.26. The van der Waals surface area contributed by atoms with Gasteiger partial charge in [-0.25, -0.2) is 19.9 Å². The van der Waals surface area contributed by atoms with Crippen molar-refractivity contribution in [1.29, 1.82) is 0 Å². The summed E-state index contributed by atoms with van der Waals surface area (Å²) in [5.74, 6) is 0.712. The number of aromatic nitrogens is 4. The van der Waals surface area contributed by atoms with E-state index < -0.39 is 0 Å². The monoisotopic (exact) mass is 358 g/mol. The number of ether oxygens (including phenoxy) is 2. The van der Waals surface area contributed by atoms with E-state index in [-0.39, 0.29) is 18.7 Å². The third-order valence-electron chi connectivity index (χ3n) is 4.52. The lowest BCUT2D eigenvalue weighted by atomic mass is 9.85. The van der Waals surface area contributed by atoms with Gasteiger partial charge in [-0.3, -0.25) is 4.79 Å². The minimum Gasteiger partial charge on any atom is -0.469 e. The van der Waals surface area contributed by atoms with Crippen molar-refractivity contribution in [3.05, 3.63) is 30.4 Å². The summed E-state index contributed by atoms with van der Waals surface area (Å²) in [6.07, 6.45) is 10.5. The van der Waals surface area contributed by atoms with Gasteiger partial charge in [0.1, 0.15) is 6.10 Å². The first-order valence-corrected chi connectivity index (χ1v) is 8.65. The minimum atomic E-state index is -0.150. The number of hydrogen-bond acceptors (Lipinski definition) is 8. The van der Waals surface area contributed by atoms with Gasteiger partial charge in [0.05, 0.1) is 19.3 Å². The number of esters is 1. The highest BCUT2D eigenvalue weighted by Gasteiger charge is 2.25. The Hall–Kier alpha value is -2.61. The highest BCUT2D eigenvalue weighted by Crippen LogP contribution is 2.29. The second-order valence-corrected chi connectivity index (χ2v) is 6.37. The smallest absolute Gasteiger partial charge is 0.316 e. The van der Waals surface area contributed by atoms with Gasteiger partial charge in [-0.15, -0.1) is 0 Å². The van der Waals surface area contributed by atoms with Crippen LogP contribution in [0.5, 0.6) is 6.01 Å². The average Bonchev–Trinajstić information content (AvgIpc) is 2.70. The van der Waals surface area contributed by atoms with Crippen LogP contribution in [0.1, 0.15) is 37.7 Å². The average molecular weight is 358 g/mol. The molecule has 0 radical (unpaired) electrons. The summed E-state index contributed by atoms with van der Waals surface area (Å²) >= 11 is 0. The number of nitrogens with zero attached hydrogens (tertiary/aromatic N) is 4. The fraction of sp³-hybridized carbons (Fsp3) is 0.500. The SMILES string of the molecule is COC(=O)CC1CCC(Oc2ncc(-c3ncc(CO)cn3)cn2)CC1. The molecule has 26 heavy (non-hydrogen) atoms. The van der Waals surface area contributed by atoms with Crippen LogP contribution in [0.4, 0.5) is 0 Å². The number of rotatable bonds is 6. The van der Waals surface area contributed by atoms with Gasteiger partial charge in [0.15, 0.2) is 5.82 Å². The number of hydrogen-bond donors (Lipinski definition) is 1. The predicted octanol–water partition coefficient (Wildman–Crippen LogP) is 1.93. The van der Waals surface area contributed by atoms with Crippen LogP contribution >= 0.6 is 0 Å². The molecule has 8 heteroatoms. The van der Waals surface area contributed by atoms with Gasteiger partial charge in [-0.2, -0.15) is 0 Å². The molecule has 1 aliphatic rings. The number of carbonyl (C=O) groups excluding carboxylic acids is 1. The summed E-state index contributed by atoms with van der Waals surface area (Å²) in [5, 5.41) is 9.02. The van der Waals surface area contributed by atoms with E-state index in [0.29, 0.717) is 35.3 Å². The van der Waals surface area contributed by atoms with Gasteiger partial charge in [0.25, 0.3) is 0 Å². The fourth-order valence-corrected chi connectivity index (χ4v) is 3.00. The van der Waals surface area contributed by atoms with E-state index in [2.05, 4.69) is 19.9 Å². The summed E-state index contributed by atoms with van der Waals surface area (Å²) in [6, 6.07) is 0.331.